The van der Waals surface area contributed by atoms with Gasteiger partial charge in [-0.2, -0.15) is 0 Å². The average molecular weight is 279 g/mol. The van der Waals surface area contributed by atoms with Gasteiger partial charge in [-0.1, -0.05) is 0 Å². The van der Waals surface area contributed by atoms with Crippen LogP contribution in [0.15, 0.2) is 36.9 Å². The Labute approximate surface area is 115 Å². The second kappa shape index (κ2) is 6.79. The molecule has 0 saturated heterocycles. The molecule has 0 aliphatic carbocycles. The first-order valence-corrected chi connectivity index (χ1v) is 6.36. The molecule has 106 valence electrons. The quantitative estimate of drug-likeness (QED) is 0.825. The lowest BCUT2D eigenvalue weighted by molar-refractivity contribution is 0.0952. The van der Waals surface area contributed by atoms with E-state index in [4.69, 9.17) is 0 Å². The summed E-state index contributed by atoms with van der Waals surface area (Å²) in [4.78, 5) is 15.6. The smallest absolute Gasteiger partial charge is 0.251 e. The molecule has 1 amide bonds. The minimum atomic E-state index is -1.02. The highest BCUT2D eigenvalue weighted by Crippen LogP contribution is 2.08. The average Bonchev–Trinajstić information content (AvgIpc) is 2.94. The summed E-state index contributed by atoms with van der Waals surface area (Å²) in [5.74, 6) is -2.37. The number of hydrogen-bond donors (Lipinski definition) is 1. The van der Waals surface area contributed by atoms with E-state index in [-0.39, 0.29) is 5.56 Å². The van der Waals surface area contributed by atoms with Gasteiger partial charge in [0.15, 0.2) is 11.6 Å². The molecule has 0 radical (unpaired) electrons. The van der Waals surface area contributed by atoms with E-state index in [2.05, 4.69) is 10.3 Å². The van der Waals surface area contributed by atoms with Gasteiger partial charge >= 0.3 is 0 Å². The molecule has 1 N–H and O–H groups in total. The first-order chi connectivity index (χ1) is 9.66. The topological polar surface area (TPSA) is 46.9 Å². The number of imidazole rings is 1. The summed E-state index contributed by atoms with van der Waals surface area (Å²) in [6.45, 7) is 1.33. The first kappa shape index (κ1) is 14.2. The Bertz CT molecular complexity index is 570. The summed E-state index contributed by atoms with van der Waals surface area (Å²) < 4.78 is 27.7. The van der Waals surface area contributed by atoms with E-state index >= 15 is 0 Å². The first-order valence-electron chi connectivity index (χ1n) is 6.36. The highest BCUT2D eigenvalue weighted by atomic mass is 19.2. The zero-order valence-electron chi connectivity index (χ0n) is 10.9. The van der Waals surface area contributed by atoms with Gasteiger partial charge in [-0.25, -0.2) is 13.8 Å². The van der Waals surface area contributed by atoms with Crippen LogP contribution in [0.25, 0.3) is 0 Å². The molecular weight excluding hydrogens is 264 g/mol. The van der Waals surface area contributed by atoms with E-state index in [0.717, 1.165) is 31.5 Å². The summed E-state index contributed by atoms with van der Waals surface area (Å²) in [7, 11) is 0. The van der Waals surface area contributed by atoms with E-state index in [9.17, 15) is 13.6 Å². The molecule has 4 nitrogen and oxygen atoms in total. The fraction of sp³-hybridized carbons (Fsp3) is 0.286. The molecule has 1 heterocycles. The van der Waals surface area contributed by atoms with Crippen molar-refractivity contribution in [1.82, 2.24) is 14.9 Å². The van der Waals surface area contributed by atoms with Gasteiger partial charge in [0.25, 0.3) is 5.91 Å². The Morgan fingerprint density at radius 1 is 1.25 bits per heavy atom. The molecule has 2 aromatic rings. The Morgan fingerprint density at radius 3 is 2.80 bits per heavy atom. The van der Waals surface area contributed by atoms with Gasteiger partial charge in [0, 0.05) is 31.0 Å². The molecule has 0 aliphatic rings. The zero-order chi connectivity index (χ0) is 14.4. The Hall–Kier alpha value is -2.24. The SMILES string of the molecule is O=C(NCCCCn1ccnc1)c1ccc(F)c(F)c1. The van der Waals surface area contributed by atoms with Gasteiger partial charge < -0.3 is 9.88 Å². The Kier molecular flexibility index (Phi) is 4.81. The van der Waals surface area contributed by atoms with Crippen LogP contribution in [0.3, 0.4) is 0 Å². The molecule has 0 fully saturated rings. The van der Waals surface area contributed by atoms with Crippen molar-refractivity contribution in [3.63, 3.8) is 0 Å². The summed E-state index contributed by atoms with van der Waals surface area (Å²) in [5, 5.41) is 2.67. The number of rotatable bonds is 6. The van der Waals surface area contributed by atoms with Crippen LogP contribution in [0.4, 0.5) is 8.78 Å². The van der Waals surface area contributed by atoms with Crippen LogP contribution in [0.1, 0.15) is 23.2 Å². The molecule has 2 rings (SSSR count). The highest BCUT2D eigenvalue weighted by molar-refractivity contribution is 5.94. The highest BCUT2D eigenvalue weighted by Gasteiger charge is 2.08. The van der Waals surface area contributed by atoms with Crippen LogP contribution < -0.4 is 5.32 Å². The molecule has 20 heavy (non-hydrogen) atoms. The summed E-state index contributed by atoms with van der Waals surface area (Å²) in [6, 6.07) is 3.11. The number of aryl methyl sites for hydroxylation is 1. The number of halogens is 2. The predicted octanol–water partition coefficient (Wildman–Crippen LogP) is 2.37. The fourth-order valence-electron chi connectivity index (χ4n) is 1.78. The van der Waals surface area contributed by atoms with Crippen LogP contribution >= 0.6 is 0 Å². The Balaban J connectivity index is 1.70. The van der Waals surface area contributed by atoms with E-state index < -0.39 is 17.5 Å². The summed E-state index contributed by atoms with van der Waals surface area (Å²) >= 11 is 0. The van der Waals surface area contributed by atoms with Gasteiger partial charge in [0.1, 0.15) is 0 Å². The molecule has 0 atom stereocenters. The number of carbonyl (C=O) groups excluding carboxylic acids is 1. The van der Waals surface area contributed by atoms with E-state index in [1.165, 1.54) is 6.07 Å². The van der Waals surface area contributed by atoms with Crippen LogP contribution in [-0.2, 0) is 6.54 Å². The maximum atomic E-state index is 13.0. The standard InChI is InChI=1S/C14H15F2N3O/c15-12-4-3-11(9-13(12)16)14(20)18-5-1-2-7-19-8-6-17-10-19/h3-4,6,8-10H,1-2,5,7H2,(H,18,20). The molecule has 1 aromatic heterocycles. The number of hydrogen-bond acceptors (Lipinski definition) is 2. The minimum Gasteiger partial charge on any atom is -0.352 e. The molecule has 1 aromatic carbocycles. The lowest BCUT2D eigenvalue weighted by atomic mass is 10.2. The minimum absolute atomic E-state index is 0.124. The largest absolute Gasteiger partial charge is 0.352 e. The number of nitrogens with one attached hydrogen (secondary N) is 1. The lowest BCUT2D eigenvalue weighted by Crippen LogP contribution is -2.24. The number of unbranched alkanes of at least 4 members (excludes halogenated alkanes) is 1. The number of benzene rings is 1. The number of nitrogens with zero attached hydrogens (tertiary/aromatic N) is 2. The van der Waals surface area contributed by atoms with Crippen molar-refractivity contribution < 1.29 is 13.6 Å². The molecule has 0 aliphatic heterocycles. The molecule has 0 unspecified atom stereocenters. The van der Waals surface area contributed by atoms with E-state index in [1.54, 1.807) is 12.5 Å². The van der Waals surface area contributed by atoms with E-state index in [0.29, 0.717) is 6.54 Å². The van der Waals surface area contributed by atoms with Crippen molar-refractivity contribution in [2.24, 2.45) is 0 Å². The third-order valence-electron chi connectivity index (χ3n) is 2.87. The molecule has 0 bridgehead atoms. The maximum absolute atomic E-state index is 13.0. The van der Waals surface area contributed by atoms with Crippen molar-refractivity contribution in [2.75, 3.05) is 6.54 Å². The lowest BCUT2D eigenvalue weighted by Gasteiger charge is -2.06. The van der Waals surface area contributed by atoms with Crippen molar-refractivity contribution in [2.45, 2.75) is 19.4 Å². The van der Waals surface area contributed by atoms with Crippen LogP contribution in [0.5, 0.6) is 0 Å². The summed E-state index contributed by atoms with van der Waals surface area (Å²) in [6.07, 6.45) is 7.02. The molecule has 6 heteroatoms. The third-order valence-corrected chi connectivity index (χ3v) is 2.87. The van der Waals surface area contributed by atoms with Crippen molar-refractivity contribution in [1.29, 1.82) is 0 Å². The fourth-order valence-corrected chi connectivity index (χ4v) is 1.78. The van der Waals surface area contributed by atoms with Crippen molar-refractivity contribution in [3.8, 4) is 0 Å². The van der Waals surface area contributed by atoms with Gasteiger partial charge in [-0.05, 0) is 31.0 Å². The second-order valence-electron chi connectivity index (χ2n) is 4.39. The van der Waals surface area contributed by atoms with Crippen molar-refractivity contribution in [3.05, 3.63) is 54.1 Å². The predicted molar refractivity (Wildman–Crippen MR) is 70.2 cm³/mol. The monoisotopic (exact) mass is 279 g/mol. The third kappa shape index (κ3) is 3.88. The maximum Gasteiger partial charge on any atom is 0.251 e. The number of carbonyl (C=O) groups is 1. The van der Waals surface area contributed by atoms with Gasteiger partial charge in [-0.15, -0.1) is 0 Å². The molecule has 0 spiro atoms. The second-order valence-corrected chi connectivity index (χ2v) is 4.39. The van der Waals surface area contributed by atoms with Gasteiger partial charge in [-0.3, -0.25) is 4.79 Å². The normalized spacial score (nSPS) is 10.5. The van der Waals surface area contributed by atoms with Gasteiger partial charge in [0.05, 0.1) is 6.33 Å². The number of amides is 1. The van der Waals surface area contributed by atoms with Crippen LogP contribution in [0.2, 0.25) is 0 Å². The Morgan fingerprint density at radius 2 is 2.10 bits per heavy atom. The number of aromatic nitrogens is 2. The van der Waals surface area contributed by atoms with E-state index in [1.807, 2.05) is 10.8 Å². The van der Waals surface area contributed by atoms with Gasteiger partial charge in [0.2, 0.25) is 0 Å². The zero-order valence-corrected chi connectivity index (χ0v) is 10.9. The van der Waals surface area contributed by atoms with Crippen molar-refractivity contribution >= 4 is 5.91 Å². The van der Waals surface area contributed by atoms with Crippen LogP contribution in [-0.4, -0.2) is 22.0 Å². The molecular formula is C14H15F2N3O. The summed E-state index contributed by atoms with van der Waals surface area (Å²) in [5.41, 5.74) is 0.124. The molecule has 0 saturated carbocycles. The van der Waals surface area contributed by atoms with Crippen LogP contribution in [0, 0.1) is 11.6 Å².